The molecule has 0 aliphatic heterocycles. The van der Waals surface area contributed by atoms with E-state index >= 15 is 0 Å². The number of ether oxygens (including phenoxy) is 1. The Labute approximate surface area is 184 Å². The maximum atomic E-state index is 13.7. The molecule has 1 aromatic carbocycles. The van der Waals surface area contributed by atoms with Gasteiger partial charge in [0.05, 0.1) is 11.4 Å². The average molecular weight is 428 g/mol. The van der Waals surface area contributed by atoms with Crippen molar-refractivity contribution < 1.29 is 14.3 Å². The quantitative estimate of drug-likeness (QED) is 0.646. The van der Waals surface area contributed by atoms with E-state index in [9.17, 15) is 9.59 Å². The summed E-state index contributed by atoms with van der Waals surface area (Å²) in [4.78, 5) is 33.8. The second-order valence-corrected chi connectivity index (χ2v) is 8.49. The third-order valence-electron chi connectivity index (χ3n) is 4.43. The van der Waals surface area contributed by atoms with Crippen molar-refractivity contribution in [1.82, 2.24) is 10.3 Å². The number of nitrogens with zero attached hydrogens (tertiary/aromatic N) is 3. The summed E-state index contributed by atoms with van der Waals surface area (Å²) >= 11 is 0. The zero-order valence-electron chi connectivity index (χ0n) is 19.2. The summed E-state index contributed by atoms with van der Waals surface area (Å²) in [6, 6.07) is 9.96. The summed E-state index contributed by atoms with van der Waals surface area (Å²) in [5, 5.41) is 2.71. The predicted octanol–water partition coefficient (Wildman–Crippen LogP) is 4.09. The Morgan fingerprint density at radius 3 is 2.42 bits per heavy atom. The Bertz CT molecular complexity index is 894. The summed E-state index contributed by atoms with van der Waals surface area (Å²) in [5.74, 6) is 0.0830. The Hall–Kier alpha value is -3.29. The molecule has 2 amide bonds. The van der Waals surface area contributed by atoms with Crippen LogP contribution in [0.25, 0.3) is 0 Å². The van der Waals surface area contributed by atoms with Crippen LogP contribution in [0.1, 0.15) is 40.5 Å². The van der Waals surface area contributed by atoms with Crippen LogP contribution in [0.3, 0.4) is 0 Å². The van der Waals surface area contributed by atoms with Crippen LogP contribution in [-0.2, 0) is 9.53 Å². The molecule has 8 heteroatoms. The second-order valence-electron chi connectivity index (χ2n) is 8.49. The van der Waals surface area contributed by atoms with E-state index in [1.807, 2.05) is 32.0 Å². The topological polar surface area (TPSA) is 101 Å². The van der Waals surface area contributed by atoms with E-state index < -0.39 is 17.7 Å². The number of carbonyl (C=O) groups excluding carboxylic acids is 2. The lowest BCUT2D eigenvalue weighted by Gasteiger charge is -2.29. The number of rotatable bonds is 7. The fraction of sp³-hybridized carbons (Fsp3) is 0.435. The van der Waals surface area contributed by atoms with Crippen LogP contribution in [0.5, 0.6) is 0 Å². The molecule has 1 heterocycles. The number of nitrogens with one attached hydrogen (secondary N) is 1. The summed E-state index contributed by atoms with van der Waals surface area (Å²) < 4.78 is 5.36. The van der Waals surface area contributed by atoms with Gasteiger partial charge in [0.25, 0.3) is 5.91 Å². The SMILES string of the molecule is CCCC(NC(=O)OC(C)(C)C)C(=O)N(c1ccccn1)c1ccc(N(C)C)cc1N. The zero-order valence-corrected chi connectivity index (χ0v) is 19.2. The minimum Gasteiger partial charge on any atom is -0.444 e. The monoisotopic (exact) mass is 427 g/mol. The number of benzene rings is 1. The van der Waals surface area contributed by atoms with Gasteiger partial charge in [-0.3, -0.25) is 9.69 Å². The lowest BCUT2D eigenvalue weighted by Crippen LogP contribution is -2.48. The number of carbonyl (C=O) groups is 2. The molecule has 31 heavy (non-hydrogen) atoms. The smallest absolute Gasteiger partial charge is 0.408 e. The molecule has 3 N–H and O–H groups in total. The standard InChI is InChI=1S/C23H33N5O3/c1-7-10-18(26-22(30)31-23(2,3)4)21(29)28(20-11-8-9-14-25-20)19-13-12-16(27(5)6)15-17(19)24/h8-9,11-15,18H,7,10,24H2,1-6H3,(H,26,30). The maximum absolute atomic E-state index is 13.7. The fourth-order valence-corrected chi connectivity index (χ4v) is 3.02. The van der Waals surface area contributed by atoms with E-state index in [2.05, 4.69) is 10.3 Å². The van der Waals surface area contributed by atoms with E-state index in [1.54, 1.807) is 57.3 Å². The van der Waals surface area contributed by atoms with Crippen molar-refractivity contribution in [1.29, 1.82) is 0 Å². The summed E-state index contributed by atoms with van der Waals surface area (Å²) in [6.07, 6.45) is 2.10. The zero-order chi connectivity index (χ0) is 23.2. The van der Waals surface area contributed by atoms with Crippen LogP contribution < -0.4 is 20.9 Å². The minimum atomic E-state index is -0.796. The molecular formula is C23H33N5O3. The van der Waals surface area contributed by atoms with E-state index in [4.69, 9.17) is 10.5 Å². The van der Waals surface area contributed by atoms with Crippen molar-refractivity contribution in [2.24, 2.45) is 0 Å². The van der Waals surface area contributed by atoms with Gasteiger partial charge in [-0.2, -0.15) is 0 Å². The Morgan fingerprint density at radius 2 is 1.90 bits per heavy atom. The van der Waals surface area contributed by atoms with Gasteiger partial charge in [0.2, 0.25) is 0 Å². The highest BCUT2D eigenvalue weighted by molar-refractivity contribution is 6.06. The highest BCUT2D eigenvalue weighted by Gasteiger charge is 2.31. The molecule has 2 aromatic rings. The van der Waals surface area contributed by atoms with Gasteiger partial charge in [0.1, 0.15) is 17.5 Å². The van der Waals surface area contributed by atoms with Crippen molar-refractivity contribution in [3.05, 3.63) is 42.6 Å². The van der Waals surface area contributed by atoms with E-state index in [-0.39, 0.29) is 5.91 Å². The number of hydrogen-bond donors (Lipinski definition) is 2. The lowest BCUT2D eigenvalue weighted by atomic mass is 10.1. The minimum absolute atomic E-state index is 0.337. The Kier molecular flexibility index (Phi) is 7.85. The second kappa shape index (κ2) is 10.1. The van der Waals surface area contributed by atoms with E-state index in [0.717, 1.165) is 5.69 Å². The molecule has 168 valence electrons. The average Bonchev–Trinajstić information content (AvgIpc) is 2.68. The Morgan fingerprint density at radius 1 is 1.19 bits per heavy atom. The van der Waals surface area contributed by atoms with Gasteiger partial charge in [-0.05, 0) is 57.5 Å². The van der Waals surface area contributed by atoms with Crippen LogP contribution in [0.2, 0.25) is 0 Å². The van der Waals surface area contributed by atoms with Crippen LogP contribution in [0, 0.1) is 0 Å². The molecule has 0 spiro atoms. The molecule has 2 rings (SSSR count). The number of hydrogen-bond acceptors (Lipinski definition) is 6. The Balaban J connectivity index is 2.45. The van der Waals surface area contributed by atoms with Gasteiger partial charge in [-0.15, -0.1) is 0 Å². The van der Waals surface area contributed by atoms with E-state index in [0.29, 0.717) is 30.0 Å². The van der Waals surface area contributed by atoms with Gasteiger partial charge in [-0.1, -0.05) is 19.4 Å². The fourth-order valence-electron chi connectivity index (χ4n) is 3.02. The molecule has 0 aliphatic rings. The third kappa shape index (κ3) is 6.60. The number of nitrogen functional groups attached to an aromatic ring is 1. The first-order valence-corrected chi connectivity index (χ1v) is 10.3. The lowest BCUT2D eigenvalue weighted by molar-refractivity contribution is -0.120. The summed E-state index contributed by atoms with van der Waals surface area (Å²) in [7, 11) is 3.83. The number of aromatic nitrogens is 1. The van der Waals surface area contributed by atoms with Gasteiger partial charge < -0.3 is 20.7 Å². The molecule has 1 unspecified atom stereocenters. The van der Waals surface area contributed by atoms with Gasteiger partial charge in [0, 0.05) is 26.0 Å². The first kappa shape index (κ1) is 24.0. The predicted molar refractivity (Wildman–Crippen MR) is 125 cm³/mol. The van der Waals surface area contributed by atoms with Crippen molar-refractivity contribution in [2.45, 2.75) is 52.2 Å². The summed E-state index contributed by atoms with van der Waals surface area (Å²) in [6.45, 7) is 7.27. The number of amides is 2. The first-order valence-electron chi connectivity index (χ1n) is 10.3. The molecule has 0 saturated heterocycles. The molecular weight excluding hydrogens is 394 g/mol. The molecule has 0 fully saturated rings. The van der Waals surface area contributed by atoms with Crippen LogP contribution >= 0.6 is 0 Å². The molecule has 0 bridgehead atoms. The first-order chi connectivity index (χ1) is 14.5. The molecule has 0 aliphatic carbocycles. The van der Waals surface area contributed by atoms with Crippen molar-refractivity contribution >= 4 is 34.9 Å². The van der Waals surface area contributed by atoms with Crippen LogP contribution in [0.4, 0.5) is 27.7 Å². The molecule has 8 nitrogen and oxygen atoms in total. The molecule has 1 atom stereocenters. The highest BCUT2D eigenvalue weighted by atomic mass is 16.6. The van der Waals surface area contributed by atoms with Crippen molar-refractivity contribution in [3.63, 3.8) is 0 Å². The number of nitrogens with two attached hydrogens (primary N) is 1. The van der Waals surface area contributed by atoms with Crippen molar-refractivity contribution in [3.8, 4) is 0 Å². The number of alkyl carbamates (subject to hydrolysis) is 1. The van der Waals surface area contributed by atoms with E-state index in [1.165, 1.54) is 4.90 Å². The third-order valence-corrected chi connectivity index (χ3v) is 4.43. The highest BCUT2D eigenvalue weighted by Crippen LogP contribution is 2.33. The normalized spacial score (nSPS) is 12.1. The van der Waals surface area contributed by atoms with Crippen LogP contribution in [-0.4, -0.2) is 42.7 Å². The van der Waals surface area contributed by atoms with Crippen LogP contribution in [0.15, 0.2) is 42.6 Å². The van der Waals surface area contributed by atoms with Gasteiger partial charge >= 0.3 is 6.09 Å². The number of pyridine rings is 1. The molecule has 0 radical (unpaired) electrons. The molecule has 0 saturated carbocycles. The van der Waals surface area contributed by atoms with Gasteiger partial charge in [0.15, 0.2) is 0 Å². The maximum Gasteiger partial charge on any atom is 0.408 e. The largest absolute Gasteiger partial charge is 0.444 e. The number of anilines is 4. The molecule has 1 aromatic heterocycles. The van der Waals surface area contributed by atoms with Crippen molar-refractivity contribution in [2.75, 3.05) is 29.6 Å². The van der Waals surface area contributed by atoms with Gasteiger partial charge in [-0.25, -0.2) is 9.78 Å². The summed E-state index contributed by atoms with van der Waals surface area (Å²) in [5.41, 5.74) is 7.50.